The van der Waals surface area contributed by atoms with Crippen LogP contribution in [0.2, 0.25) is 0 Å². The van der Waals surface area contributed by atoms with Crippen LogP contribution in [-0.4, -0.2) is 34.2 Å². The second kappa shape index (κ2) is 8.62. The fourth-order valence-electron chi connectivity index (χ4n) is 2.99. The van der Waals surface area contributed by atoms with Gasteiger partial charge in [-0.25, -0.2) is 4.98 Å². The lowest BCUT2D eigenvalue weighted by atomic mass is 10.2. The van der Waals surface area contributed by atoms with Crippen LogP contribution in [0.25, 0.3) is 11.2 Å². The molecule has 0 unspecified atom stereocenters. The van der Waals surface area contributed by atoms with Crippen molar-refractivity contribution < 1.29 is 14.2 Å². The van der Waals surface area contributed by atoms with Crippen LogP contribution in [0, 0.1) is 13.8 Å². The first-order chi connectivity index (χ1) is 14.6. The van der Waals surface area contributed by atoms with Gasteiger partial charge in [-0.15, -0.1) is 0 Å². The van der Waals surface area contributed by atoms with Crippen molar-refractivity contribution in [1.29, 1.82) is 0 Å². The maximum atomic E-state index is 5.95. The summed E-state index contributed by atoms with van der Waals surface area (Å²) in [5, 5.41) is 0.780. The smallest absolute Gasteiger partial charge is 0.224 e. The normalized spacial score (nSPS) is 10.9. The second-order valence-corrected chi connectivity index (χ2v) is 7.64. The minimum Gasteiger partial charge on any atom is -0.497 e. The van der Waals surface area contributed by atoms with E-state index in [1.165, 1.54) is 0 Å². The number of pyridine rings is 2. The summed E-state index contributed by atoms with van der Waals surface area (Å²) in [7, 11) is 3.30. The summed E-state index contributed by atoms with van der Waals surface area (Å²) in [6.45, 7) is 3.97. The van der Waals surface area contributed by atoms with Gasteiger partial charge in [0.15, 0.2) is 10.8 Å². The molecule has 8 heteroatoms. The van der Waals surface area contributed by atoms with Crippen LogP contribution in [0.3, 0.4) is 0 Å². The molecule has 0 radical (unpaired) electrons. The molecule has 1 aromatic carbocycles. The van der Waals surface area contributed by atoms with Crippen LogP contribution in [0.4, 0.5) is 0 Å². The topological polar surface area (TPSA) is 82.2 Å². The molecule has 0 saturated carbocycles. The van der Waals surface area contributed by atoms with Gasteiger partial charge in [-0.1, -0.05) is 11.8 Å². The summed E-state index contributed by atoms with van der Waals surface area (Å²) >= 11 is 1.57. The molecule has 0 bridgehead atoms. The number of ether oxygens (including phenoxy) is 3. The summed E-state index contributed by atoms with van der Waals surface area (Å²) in [4.78, 5) is 17.0. The fraction of sp³-hybridized carbons (Fsp3) is 0.227. The Hall–Kier alpha value is -3.26. The number of thioether (sulfide) groups is 1. The van der Waals surface area contributed by atoms with Gasteiger partial charge in [-0.05, 0) is 50.2 Å². The molecule has 4 rings (SSSR count). The zero-order chi connectivity index (χ0) is 21.1. The number of aromatic nitrogens is 4. The first-order valence-corrected chi connectivity index (χ1v) is 10.4. The number of hydrogen-bond acceptors (Lipinski definition) is 7. The minimum atomic E-state index is 0.529. The number of methoxy groups -OCH3 is 2. The lowest BCUT2D eigenvalue weighted by Gasteiger charge is -2.08. The molecule has 3 heterocycles. The molecule has 0 spiro atoms. The molecule has 7 nitrogen and oxygen atoms in total. The summed E-state index contributed by atoms with van der Waals surface area (Å²) in [6.07, 6.45) is 1.76. The van der Waals surface area contributed by atoms with Crippen molar-refractivity contribution in [3.8, 4) is 23.1 Å². The highest BCUT2D eigenvalue weighted by atomic mass is 32.2. The average molecular weight is 423 g/mol. The maximum Gasteiger partial charge on any atom is 0.224 e. The van der Waals surface area contributed by atoms with E-state index >= 15 is 0 Å². The van der Waals surface area contributed by atoms with Crippen molar-refractivity contribution in [2.75, 3.05) is 14.2 Å². The Morgan fingerprint density at radius 1 is 0.967 bits per heavy atom. The lowest BCUT2D eigenvalue weighted by Crippen LogP contribution is -1.95. The lowest BCUT2D eigenvalue weighted by molar-refractivity contribution is 0.410. The number of hydrogen-bond donors (Lipinski definition) is 1. The standard InChI is InChI=1S/C22H22N4O3S/c1-13-11-17-20(25-21(13)29-16-7-5-15(27-3)6-8-16)26-22(24-17)30-12-18-14(2)19(28-4)9-10-23-18/h5-11H,12H2,1-4H3,(H,24,25,26). The summed E-state index contributed by atoms with van der Waals surface area (Å²) < 4.78 is 16.5. The third-order valence-corrected chi connectivity index (χ3v) is 5.58. The maximum absolute atomic E-state index is 5.95. The molecule has 0 aliphatic carbocycles. The molecule has 0 atom stereocenters. The van der Waals surface area contributed by atoms with Crippen molar-refractivity contribution in [3.05, 3.63) is 59.4 Å². The van der Waals surface area contributed by atoms with E-state index in [4.69, 9.17) is 14.2 Å². The van der Waals surface area contributed by atoms with Gasteiger partial charge in [-0.2, -0.15) is 4.98 Å². The van der Waals surface area contributed by atoms with E-state index < -0.39 is 0 Å². The highest BCUT2D eigenvalue weighted by Gasteiger charge is 2.12. The van der Waals surface area contributed by atoms with Gasteiger partial charge in [0.1, 0.15) is 17.2 Å². The van der Waals surface area contributed by atoms with Gasteiger partial charge in [0, 0.05) is 23.1 Å². The molecule has 30 heavy (non-hydrogen) atoms. The fourth-order valence-corrected chi connectivity index (χ4v) is 3.89. The third kappa shape index (κ3) is 4.18. The first kappa shape index (κ1) is 20.0. The van der Waals surface area contributed by atoms with E-state index in [9.17, 15) is 0 Å². The van der Waals surface area contributed by atoms with Gasteiger partial charge in [0.2, 0.25) is 5.88 Å². The quantitative estimate of drug-likeness (QED) is 0.416. The molecule has 1 N–H and O–H groups in total. The van der Waals surface area contributed by atoms with Crippen molar-refractivity contribution in [2.24, 2.45) is 0 Å². The van der Waals surface area contributed by atoms with Crippen molar-refractivity contribution in [1.82, 2.24) is 19.9 Å². The molecule has 0 saturated heterocycles. The van der Waals surface area contributed by atoms with E-state index in [0.29, 0.717) is 23.0 Å². The molecule has 154 valence electrons. The summed E-state index contributed by atoms with van der Waals surface area (Å²) in [6, 6.07) is 11.2. The molecule has 0 fully saturated rings. The van der Waals surface area contributed by atoms with E-state index in [-0.39, 0.29) is 0 Å². The Labute approximate surface area is 178 Å². The molecule has 0 amide bonds. The SMILES string of the molecule is COc1ccc(Oc2nc3nc(SCc4nccc(OC)c4C)[nH]c3cc2C)cc1. The molecule has 3 aromatic heterocycles. The molecule has 4 aromatic rings. The van der Waals surface area contributed by atoms with Crippen LogP contribution in [0.15, 0.2) is 47.8 Å². The zero-order valence-electron chi connectivity index (χ0n) is 17.2. The van der Waals surface area contributed by atoms with Crippen molar-refractivity contribution >= 4 is 22.9 Å². The van der Waals surface area contributed by atoms with E-state index in [1.54, 1.807) is 32.2 Å². The highest BCUT2D eigenvalue weighted by Crippen LogP contribution is 2.30. The number of fused-ring (bicyclic) bond motifs is 1. The van der Waals surface area contributed by atoms with E-state index in [0.717, 1.165) is 39.0 Å². The monoisotopic (exact) mass is 422 g/mol. The predicted molar refractivity (Wildman–Crippen MR) is 117 cm³/mol. The predicted octanol–water partition coefficient (Wildman–Crippen LogP) is 5.07. The number of H-pyrrole nitrogens is 1. The van der Waals surface area contributed by atoms with Gasteiger partial charge in [0.25, 0.3) is 0 Å². The average Bonchev–Trinajstić information content (AvgIpc) is 3.15. The Balaban J connectivity index is 1.52. The zero-order valence-corrected chi connectivity index (χ0v) is 18.0. The van der Waals surface area contributed by atoms with Crippen LogP contribution >= 0.6 is 11.8 Å². The van der Waals surface area contributed by atoms with Crippen LogP contribution in [0.1, 0.15) is 16.8 Å². The van der Waals surface area contributed by atoms with Crippen LogP contribution < -0.4 is 14.2 Å². The Morgan fingerprint density at radius 3 is 2.47 bits per heavy atom. The molecular weight excluding hydrogens is 400 g/mol. The number of rotatable bonds is 7. The first-order valence-electron chi connectivity index (χ1n) is 9.38. The molecule has 0 aliphatic heterocycles. The highest BCUT2D eigenvalue weighted by molar-refractivity contribution is 7.98. The largest absolute Gasteiger partial charge is 0.497 e. The number of benzene rings is 1. The van der Waals surface area contributed by atoms with E-state index in [1.807, 2.05) is 50.2 Å². The van der Waals surface area contributed by atoms with Gasteiger partial charge < -0.3 is 19.2 Å². The summed E-state index contributed by atoms with van der Waals surface area (Å²) in [5.41, 5.74) is 4.40. The summed E-state index contributed by atoms with van der Waals surface area (Å²) in [5.74, 6) is 3.51. The number of nitrogens with zero attached hydrogens (tertiary/aromatic N) is 3. The Kier molecular flexibility index (Phi) is 5.76. The number of aromatic amines is 1. The number of nitrogens with one attached hydrogen (secondary N) is 1. The third-order valence-electron chi connectivity index (χ3n) is 4.69. The molecule has 0 aliphatic rings. The Morgan fingerprint density at radius 2 is 1.73 bits per heavy atom. The van der Waals surface area contributed by atoms with Crippen molar-refractivity contribution in [2.45, 2.75) is 24.8 Å². The van der Waals surface area contributed by atoms with E-state index in [2.05, 4.69) is 19.9 Å². The van der Waals surface area contributed by atoms with Gasteiger partial charge >= 0.3 is 0 Å². The number of aryl methyl sites for hydroxylation is 1. The van der Waals surface area contributed by atoms with Crippen molar-refractivity contribution in [3.63, 3.8) is 0 Å². The van der Waals surface area contributed by atoms with Crippen LogP contribution in [0.5, 0.6) is 23.1 Å². The molecular formula is C22H22N4O3S. The minimum absolute atomic E-state index is 0.529. The van der Waals surface area contributed by atoms with Crippen LogP contribution in [-0.2, 0) is 5.75 Å². The second-order valence-electron chi connectivity index (χ2n) is 6.67. The Bertz CT molecular complexity index is 1180. The van der Waals surface area contributed by atoms with Gasteiger partial charge in [-0.3, -0.25) is 4.98 Å². The van der Waals surface area contributed by atoms with Gasteiger partial charge in [0.05, 0.1) is 25.4 Å². The number of imidazole rings is 1.